The summed E-state index contributed by atoms with van der Waals surface area (Å²) in [5.74, 6) is 0.963. The molecule has 4 N–H and O–H groups in total. The molecule has 0 radical (unpaired) electrons. The molecule has 0 fully saturated rings. The van der Waals surface area contributed by atoms with E-state index in [0.717, 1.165) is 11.1 Å². The van der Waals surface area contributed by atoms with Gasteiger partial charge >= 0.3 is 0 Å². The van der Waals surface area contributed by atoms with E-state index in [2.05, 4.69) is 25.3 Å². The van der Waals surface area contributed by atoms with Crippen molar-refractivity contribution in [3.05, 3.63) is 29.6 Å². The van der Waals surface area contributed by atoms with E-state index in [9.17, 15) is 5.11 Å². The van der Waals surface area contributed by atoms with Gasteiger partial charge in [-0.2, -0.15) is 4.98 Å². The van der Waals surface area contributed by atoms with Crippen LogP contribution in [0.1, 0.15) is 11.3 Å². The third-order valence-electron chi connectivity index (χ3n) is 2.84. The van der Waals surface area contributed by atoms with E-state index in [0.29, 0.717) is 24.0 Å². The molecule has 0 saturated carbocycles. The normalized spacial score (nSPS) is 14.8. The van der Waals surface area contributed by atoms with Crippen LogP contribution in [0, 0.1) is 0 Å². The molecule has 0 atom stereocenters. The zero-order valence-corrected chi connectivity index (χ0v) is 10.5. The van der Waals surface area contributed by atoms with Crippen LogP contribution < -0.4 is 5.32 Å². The van der Waals surface area contributed by atoms with Crippen molar-refractivity contribution in [2.75, 3.05) is 18.5 Å². The van der Waals surface area contributed by atoms with Crippen LogP contribution in [0.2, 0.25) is 0 Å². The fraction of sp³-hybridized carbons (Fsp3) is 0.154. The molecule has 1 aliphatic heterocycles. The first-order valence-electron chi connectivity index (χ1n) is 6.13. The van der Waals surface area contributed by atoms with Crippen LogP contribution in [0.3, 0.4) is 0 Å². The lowest BCUT2D eigenvalue weighted by atomic mass is 10.1. The Morgan fingerprint density at radius 2 is 2.30 bits per heavy atom. The van der Waals surface area contributed by atoms with Crippen molar-refractivity contribution >= 4 is 29.6 Å². The largest absolute Gasteiger partial charge is 0.492 e. The number of anilines is 1. The fourth-order valence-electron chi connectivity index (χ4n) is 1.93. The Morgan fingerprint density at radius 1 is 1.40 bits per heavy atom. The smallest absolute Gasteiger partial charge is 0.238 e. The number of hydrogen-bond acceptors (Lipinski definition) is 6. The molecule has 20 heavy (non-hydrogen) atoms. The van der Waals surface area contributed by atoms with Crippen LogP contribution in [-0.4, -0.2) is 44.5 Å². The summed E-state index contributed by atoms with van der Waals surface area (Å²) in [4.78, 5) is 15.2. The van der Waals surface area contributed by atoms with E-state index in [1.54, 1.807) is 18.5 Å². The molecule has 0 aliphatic carbocycles. The minimum atomic E-state index is -0.108. The minimum Gasteiger partial charge on any atom is -0.492 e. The van der Waals surface area contributed by atoms with Gasteiger partial charge in [-0.15, -0.1) is 0 Å². The van der Waals surface area contributed by atoms with Gasteiger partial charge in [0.05, 0.1) is 6.61 Å². The summed E-state index contributed by atoms with van der Waals surface area (Å²) < 4.78 is 0. The number of aromatic amines is 1. The van der Waals surface area contributed by atoms with Crippen LogP contribution in [0.4, 0.5) is 11.8 Å². The van der Waals surface area contributed by atoms with Gasteiger partial charge in [-0.1, -0.05) is 0 Å². The Balaban J connectivity index is 1.90. The highest BCUT2D eigenvalue weighted by Crippen LogP contribution is 2.31. The number of allylic oxidation sites excluding steroid dienone is 1. The number of rotatable bonds is 4. The highest BCUT2D eigenvalue weighted by molar-refractivity contribution is 6.20. The molecular formula is C13H13N5O2. The first-order chi connectivity index (χ1) is 9.78. The maximum absolute atomic E-state index is 9.79. The number of pyridine rings is 1. The summed E-state index contributed by atoms with van der Waals surface area (Å²) >= 11 is 0. The molecule has 2 aromatic heterocycles. The Bertz CT molecular complexity index is 690. The van der Waals surface area contributed by atoms with Crippen molar-refractivity contribution in [1.82, 2.24) is 15.0 Å². The quantitative estimate of drug-likeness (QED) is 0.668. The molecular weight excluding hydrogens is 258 g/mol. The molecule has 102 valence electrons. The molecule has 3 heterocycles. The van der Waals surface area contributed by atoms with Crippen molar-refractivity contribution in [3.8, 4) is 5.88 Å². The van der Waals surface area contributed by atoms with Crippen molar-refractivity contribution in [2.24, 2.45) is 4.99 Å². The van der Waals surface area contributed by atoms with Crippen molar-refractivity contribution in [2.45, 2.75) is 0 Å². The monoisotopic (exact) mass is 271 g/mol. The molecule has 3 rings (SSSR count). The van der Waals surface area contributed by atoms with Crippen molar-refractivity contribution in [1.29, 1.82) is 0 Å². The highest BCUT2D eigenvalue weighted by atomic mass is 16.3. The number of nitrogens with zero attached hydrogens (tertiary/aromatic N) is 3. The van der Waals surface area contributed by atoms with E-state index in [1.165, 1.54) is 0 Å². The lowest BCUT2D eigenvalue weighted by Crippen LogP contribution is -2.06. The van der Waals surface area contributed by atoms with Crippen LogP contribution in [-0.2, 0) is 0 Å². The summed E-state index contributed by atoms with van der Waals surface area (Å²) in [5, 5.41) is 21.4. The van der Waals surface area contributed by atoms with Gasteiger partial charge in [-0.05, 0) is 18.2 Å². The molecule has 0 aromatic carbocycles. The van der Waals surface area contributed by atoms with E-state index < -0.39 is 0 Å². The molecule has 0 amide bonds. The number of nitrogens with one attached hydrogen (secondary N) is 2. The van der Waals surface area contributed by atoms with E-state index >= 15 is 0 Å². The van der Waals surface area contributed by atoms with E-state index in [4.69, 9.17) is 5.11 Å². The zero-order valence-electron chi connectivity index (χ0n) is 10.5. The van der Waals surface area contributed by atoms with E-state index in [1.807, 2.05) is 12.1 Å². The average molecular weight is 271 g/mol. The van der Waals surface area contributed by atoms with Gasteiger partial charge in [0.15, 0.2) is 5.82 Å². The average Bonchev–Trinajstić information content (AvgIpc) is 3.02. The van der Waals surface area contributed by atoms with Crippen molar-refractivity contribution in [3.63, 3.8) is 0 Å². The zero-order chi connectivity index (χ0) is 13.9. The first kappa shape index (κ1) is 12.4. The van der Waals surface area contributed by atoms with Crippen LogP contribution >= 0.6 is 0 Å². The van der Waals surface area contributed by atoms with Crippen LogP contribution in [0.5, 0.6) is 5.88 Å². The number of aliphatic imine (C=N–C) groups is 1. The third kappa shape index (κ3) is 2.26. The fourth-order valence-corrected chi connectivity index (χ4v) is 1.93. The number of aromatic hydroxyl groups is 1. The number of aliphatic hydroxyl groups excluding tert-OH is 1. The molecule has 7 heteroatoms. The summed E-state index contributed by atoms with van der Waals surface area (Å²) in [6.07, 6.45) is 5.13. The van der Waals surface area contributed by atoms with Gasteiger partial charge in [0.1, 0.15) is 5.69 Å². The molecule has 0 saturated heterocycles. The van der Waals surface area contributed by atoms with Crippen LogP contribution in [0.25, 0.3) is 11.6 Å². The van der Waals surface area contributed by atoms with Gasteiger partial charge in [-0.3, -0.25) is 0 Å². The summed E-state index contributed by atoms with van der Waals surface area (Å²) in [7, 11) is 0. The topological polar surface area (TPSA) is 106 Å². The summed E-state index contributed by atoms with van der Waals surface area (Å²) in [6.45, 7) is 0.348. The predicted octanol–water partition coefficient (Wildman–Crippen LogP) is 1.17. The number of aliphatic hydroxyl groups is 1. The van der Waals surface area contributed by atoms with Crippen molar-refractivity contribution < 1.29 is 10.2 Å². The molecule has 0 spiro atoms. The lowest BCUT2D eigenvalue weighted by molar-refractivity contribution is 0.311. The second kappa shape index (κ2) is 5.14. The number of aromatic nitrogens is 3. The van der Waals surface area contributed by atoms with E-state index in [-0.39, 0.29) is 12.5 Å². The second-order valence-corrected chi connectivity index (χ2v) is 4.21. The number of imidazole rings is 1. The van der Waals surface area contributed by atoms with Gasteiger partial charge in [0.25, 0.3) is 0 Å². The lowest BCUT2D eigenvalue weighted by Gasteiger charge is -1.98. The minimum absolute atomic E-state index is 0.0103. The van der Waals surface area contributed by atoms with Gasteiger partial charge < -0.3 is 20.5 Å². The Morgan fingerprint density at radius 3 is 3.15 bits per heavy atom. The Labute approximate surface area is 114 Å². The SMILES string of the molecule is OCCNc1nc(O)c(/C=C2\C=Nc3ncccc32)[nH]1. The Kier molecular flexibility index (Phi) is 3.18. The van der Waals surface area contributed by atoms with Gasteiger partial charge in [0, 0.05) is 30.1 Å². The molecule has 0 bridgehead atoms. The number of hydrogen-bond donors (Lipinski definition) is 4. The summed E-state index contributed by atoms with van der Waals surface area (Å²) in [5.41, 5.74) is 2.23. The number of fused-ring (bicyclic) bond motifs is 1. The number of H-pyrrole nitrogens is 1. The Hall–Kier alpha value is -2.67. The van der Waals surface area contributed by atoms with Crippen LogP contribution in [0.15, 0.2) is 23.3 Å². The predicted molar refractivity (Wildman–Crippen MR) is 76.1 cm³/mol. The second-order valence-electron chi connectivity index (χ2n) is 4.21. The first-order valence-corrected chi connectivity index (χ1v) is 6.13. The van der Waals surface area contributed by atoms with Gasteiger partial charge in [0.2, 0.25) is 11.8 Å². The third-order valence-corrected chi connectivity index (χ3v) is 2.84. The molecule has 0 unspecified atom stereocenters. The molecule has 2 aromatic rings. The maximum Gasteiger partial charge on any atom is 0.238 e. The highest BCUT2D eigenvalue weighted by Gasteiger charge is 2.14. The summed E-state index contributed by atoms with van der Waals surface area (Å²) in [6, 6.07) is 3.75. The molecule has 1 aliphatic rings. The molecule has 7 nitrogen and oxygen atoms in total. The van der Waals surface area contributed by atoms with Gasteiger partial charge in [-0.25, -0.2) is 9.98 Å². The standard InChI is InChI=1S/C13H13N5O2/c19-5-4-15-13-17-10(12(20)18-13)6-8-7-16-11-9(8)2-1-3-14-11/h1-3,6-7,19-20H,4-5H2,(H2,15,17,18)/b8-6+. The maximum atomic E-state index is 9.79.